The molecule has 4 aliphatic carbocycles. The molecule has 0 amide bonds. The Hall–Kier alpha value is -0.790. The van der Waals surface area contributed by atoms with E-state index in [0.717, 1.165) is 48.3 Å². The van der Waals surface area contributed by atoms with Gasteiger partial charge in [0.25, 0.3) is 0 Å². The van der Waals surface area contributed by atoms with Crippen molar-refractivity contribution in [2.24, 2.45) is 52.3 Å². The molecule has 0 radical (unpaired) electrons. The molecule has 0 bridgehead atoms. The van der Waals surface area contributed by atoms with Crippen molar-refractivity contribution in [1.82, 2.24) is 0 Å². The van der Waals surface area contributed by atoms with Crippen molar-refractivity contribution in [3.63, 3.8) is 0 Å². The molecule has 0 aromatic heterocycles. The average Bonchev–Trinajstić information content (AvgIpc) is 3.56. The number of carbonyl (C=O) groups excluding carboxylic acids is 1. The van der Waals surface area contributed by atoms with Crippen molar-refractivity contribution < 1.29 is 9.53 Å². The summed E-state index contributed by atoms with van der Waals surface area (Å²) in [6.45, 7) is 17.4. The lowest BCUT2D eigenvalue weighted by molar-refractivity contribution is -0.152. The number of ether oxygens (including phenoxy) is 1. The molecule has 0 heterocycles. The van der Waals surface area contributed by atoms with E-state index in [1.807, 2.05) is 0 Å². The first-order chi connectivity index (χ1) is 28.1. The molecule has 2 nitrogen and oxygen atoms in total. The molecule has 9 atom stereocenters. The summed E-state index contributed by atoms with van der Waals surface area (Å²) < 4.78 is 6.46. The minimum absolute atomic E-state index is 0.101. The molecule has 4 rings (SSSR count). The van der Waals surface area contributed by atoms with Crippen molar-refractivity contribution in [2.45, 2.75) is 286 Å². The Morgan fingerprint density at radius 2 is 1.16 bits per heavy atom. The number of fused-ring (bicyclic) bond motifs is 5. The summed E-state index contributed by atoms with van der Waals surface area (Å²) in [4.78, 5) is 13.7. The Morgan fingerprint density at radius 3 is 1.69 bits per heavy atom. The first kappa shape index (κ1) is 49.9. The maximum absolute atomic E-state index is 13.7. The van der Waals surface area contributed by atoms with Gasteiger partial charge in [0.05, 0.1) is 0 Å². The number of hydrogen-bond donors (Lipinski definition) is 0. The van der Waals surface area contributed by atoms with E-state index in [9.17, 15) is 4.79 Å². The zero-order valence-corrected chi connectivity index (χ0v) is 40.5. The Morgan fingerprint density at radius 1 is 0.621 bits per heavy atom. The minimum Gasteiger partial charge on any atom is -0.462 e. The third-order valence-electron chi connectivity index (χ3n) is 17.4. The van der Waals surface area contributed by atoms with Crippen LogP contribution in [0.5, 0.6) is 0 Å². The van der Waals surface area contributed by atoms with Crippen LogP contribution < -0.4 is 0 Å². The SMILES string of the molecule is CCCCCCCCCCCCCCC(CCCCCCCCCCCC)CC(=O)O[C@H]1CC[C@@]2(C)C(=CC[C@H]3[C@@H]4CC[C@H]([C@H](C)CCCC(C)C)[C@@]4(C)CC[C@@H]32)C1. The summed E-state index contributed by atoms with van der Waals surface area (Å²) in [6, 6.07) is 0. The monoisotopic (exact) mass is 807 g/mol. The van der Waals surface area contributed by atoms with Gasteiger partial charge < -0.3 is 4.74 Å². The van der Waals surface area contributed by atoms with Crippen LogP contribution in [0.15, 0.2) is 11.6 Å². The van der Waals surface area contributed by atoms with E-state index in [0.29, 0.717) is 23.2 Å². The van der Waals surface area contributed by atoms with E-state index in [-0.39, 0.29) is 12.1 Å². The van der Waals surface area contributed by atoms with Crippen molar-refractivity contribution in [2.75, 3.05) is 0 Å². The smallest absolute Gasteiger partial charge is 0.306 e. The fraction of sp³-hybridized carbons (Fsp3) is 0.946. The third-order valence-corrected chi connectivity index (χ3v) is 17.4. The predicted molar refractivity (Wildman–Crippen MR) is 253 cm³/mol. The molecule has 4 aliphatic rings. The van der Waals surface area contributed by atoms with Crippen molar-refractivity contribution >= 4 is 5.97 Å². The lowest BCUT2D eigenvalue weighted by Gasteiger charge is -2.58. The molecule has 2 heteroatoms. The Bertz CT molecular complexity index is 1120. The Labute approximate surface area is 363 Å². The lowest BCUT2D eigenvalue weighted by atomic mass is 9.47. The summed E-state index contributed by atoms with van der Waals surface area (Å²) in [5, 5.41) is 0. The number of unbranched alkanes of at least 4 members (excludes halogenated alkanes) is 20. The summed E-state index contributed by atoms with van der Waals surface area (Å²) in [5.41, 5.74) is 2.53. The van der Waals surface area contributed by atoms with E-state index in [1.54, 1.807) is 5.57 Å². The minimum atomic E-state index is 0.101. The maximum Gasteiger partial charge on any atom is 0.306 e. The highest BCUT2D eigenvalue weighted by atomic mass is 16.5. The zero-order chi connectivity index (χ0) is 41.6. The molecule has 0 aromatic rings. The number of allylic oxidation sites excluding steroid dienone is 1. The van der Waals surface area contributed by atoms with E-state index in [1.165, 1.54) is 212 Å². The highest BCUT2D eigenvalue weighted by Crippen LogP contribution is 2.67. The molecule has 338 valence electrons. The molecule has 3 fully saturated rings. The van der Waals surface area contributed by atoms with Gasteiger partial charge in [0.15, 0.2) is 0 Å². The van der Waals surface area contributed by atoms with E-state index in [2.05, 4.69) is 54.5 Å². The summed E-state index contributed by atoms with van der Waals surface area (Å²) in [5.74, 6) is 5.87. The van der Waals surface area contributed by atoms with Crippen LogP contribution in [-0.2, 0) is 9.53 Å². The fourth-order valence-corrected chi connectivity index (χ4v) is 13.8. The standard InChI is InChI=1S/C56H102O2/c1-8-10-12-14-16-18-20-21-23-25-27-29-34-47(33-28-26-24-22-19-17-15-13-11-9-2)43-54(57)58-49-39-41-55(6)48(44-49)35-36-50-52-38-37-51(46(5)32-30-31-45(3)4)56(52,7)42-40-53(50)55/h35,45-47,49-53H,8-34,36-44H2,1-7H3/t46-,47?,49+,50+,51-,52+,53+,55+,56-/m1/s1. The molecule has 0 aliphatic heterocycles. The molecule has 0 saturated heterocycles. The topological polar surface area (TPSA) is 26.3 Å². The van der Waals surface area contributed by atoms with Gasteiger partial charge in [0.2, 0.25) is 0 Å². The third kappa shape index (κ3) is 15.8. The van der Waals surface area contributed by atoms with Crippen molar-refractivity contribution in [3.8, 4) is 0 Å². The molecule has 0 N–H and O–H groups in total. The molecule has 58 heavy (non-hydrogen) atoms. The van der Waals surface area contributed by atoms with Crippen LogP contribution in [0.25, 0.3) is 0 Å². The van der Waals surface area contributed by atoms with E-state index >= 15 is 0 Å². The highest BCUT2D eigenvalue weighted by Gasteiger charge is 2.59. The predicted octanol–water partition coefficient (Wildman–Crippen LogP) is 18.3. The summed E-state index contributed by atoms with van der Waals surface area (Å²) in [6.07, 6.45) is 51.1. The van der Waals surface area contributed by atoms with Gasteiger partial charge in [0.1, 0.15) is 6.10 Å². The zero-order valence-electron chi connectivity index (χ0n) is 40.5. The molecule has 1 unspecified atom stereocenters. The Balaban J connectivity index is 1.21. The number of hydrogen-bond acceptors (Lipinski definition) is 2. The van der Waals surface area contributed by atoms with Crippen LogP contribution in [0.1, 0.15) is 280 Å². The van der Waals surface area contributed by atoms with Gasteiger partial charge in [-0.25, -0.2) is 0 Å². The molecule has 0 spiro atoms. The van der Waals surface area contributed by atoms with Crippen LogP contribution in [0.4, 0.5) is 0 Å². The van der Waals surface area contributed by atoms with Crippen LogP contribution in [-0.4, -0.2) is 12.1 Å². The normalized spacial score (nSPS) is 29.1. The Kier molecular flexibility index (Phi) is 23.5. The summed E-state index contributed by atoms with van der Waals surface area (Å²) >= 11 is 0. The number of rotatable bonds is 32. The number of carbonyl (C=O) groups is 1. The molecule has 0 aromatic carbocycles. The van der Waals surface area contributed by atoms with Gasteiger partial charge in [-0.15, -0.1) is 0 Å². The molecule has 3 saturated carbocycles. The first-order valence-corrected chi connectivity index (χ1v) is 27.0. The second kappa shape index (κ2) is 27.3. The fourth-order valence-electron chi connectivity index (χ4n) is 13.8. The van der Waals surface area contributed by atoms with Crippen molar-refractivity contribution in [3.05, 3.63) is 11.6 Å². The van der Waals surface area contributed by atoms with Crippen LogP contribution in [0.3, 0.4) is 0 Å². The average molecular weight is 807 g/mol. The van der Waals surface area contributed by atoms with Gasteiger partial charge >= 0.3 is 5.97 Å². The number of esters is 1. The molecular formula is C56H102O2. The van der Waals surface area contributed by atoms with Gasteiger partial charge in [-0.2, -0.15) is 0 Å². The van der Waals surface area contributed by atoms with Gasteiger partial charge in [-0.05, 0) is 110 Å². The van der Waals surface area contributed by atoms with Gasteiger partial charge in [0, 0.05) is 12.8 Å². The second-order valence-electron chi connectivity index (χ2n) is 22.4. The van der Waals surface area contributed by atoms with E-state index < -0.39 is 0 Å². The van der Waals surface area contributed by atoms with Gasteiger partial charge in [-0.3, -0.25) is 4.79 Å². The molecular weight excluding hydrogens is 705 g/mol. The van der Waals surface area contributed by atoms with Gasteiger partial charge in [-0.1, -0.05) is 221 Å². The van der Waals surface area contributed by atoms with Crippen LogP contribution in [0.2, 0.25) is 0 Å². The van der Waals surface area contributed by atoms with Crippen LogP contribution in [0, 0.1) is 52.3 Å². The van der Waals surface area contributed by atoms with Crippen LogP contribution >= 0.6 is 0 Å². The quantitative estimate of drug-likeness (QED) is 0.0384. The second-order valence-corrected chi connectivity index (χ2v) is 22.4. The maximum atomic E-state index is 13.7. The first-order valence-electron chi connectivity index (χ1n) is 27.0. The highest BCUT2D eigenvalue weighted by molar-refractivity contribution is 5.70. The van der Waals surface area contributed by atoms with E-state index in [4.69, 9.17) is 4.74 Å². The van der Waals surface area contributed by atoms with Crippen molar-refractivity contribution in [1.29, 1.82) is 0 Å². The summed E-state index contributed by atoms with van der Waals surface area (Å²) in [7, 11) is 0. The lowest BCUT2D eigenvalue weighted by Crippen LogP contribution is -2.51. The largest absolute Gasteiger partial charge is 0.462 e.